The molecule has 0 heterocycles. The first-order valence-corrected chi connectivity index (χ1v) is 9.81. The Bertz CT molecular complexity index is 882. The normalized spacial score (nSPS) is 31.2. The maximum Gasteiger partial charge on any atom is 0.128 e. The predicted molar refractivity (Wildman–Crippen MR) is 108 cm³/mol. The maximum atomic E-state index is 12.8. The molecule has 3 unspecified atom stereocenters. The van der Waals surface area contributed by atoms with Gasteiger partial charge in [0.05, 0.1) is 5.41 Å². The molecule has 4 rings (SSSR count). The molecule has 2 aliphatic carbocycles. The van der Waals surface area contributed by atoms with Crippen LogP contribution in [0.1, 0.15) is 42.9 Å². The zero-order valence-electron chi connectivity index (χ0n) is 15.0. The third kappa shape index (κ3) is 2.02. The van der Waals surface area contributed by atoms with E-state index in [1.54, 1.807) is 0 Å². The van der Waals surface area contributed by atoms with Gasteiger partial charge < -0.3 is 4.79 Å². The van der Waals surface area contributed by atoms with Crippen LogP contribution >= 0.6 is 23.2 Å². The molecule has 2 aromatic carbocycles. The summed E-state index contributed by atoms with van der Waals surface area (Å²) in [6, 6.07) is 18.7. The molecule has 0 aromatic heterocycles. The van der Waals surface area contributed by atoms with Gasteiger partial charge in [-0.2, -0.15) is 0 Å². The van der Waals surface area contributed by atoms with Crippen molar-refractivity contribution in [2.24, 2.45) is 10.8 Å². The summed E-state index contributed by atoms with van der Waals surface area (Å²) in [6.07, 6.45) is 5.07. The van der Waals surface area contributed by atoms with E-state index >= 15 is 0 Å². The van der Waals surface area contributed by atoms with Crippen LogP contribution in [-0.4, -0.2) is 6.29 Å². The van der Waals surface area contributed by atoms with E-state index in [2.05, 4.69) is 50.2 Å². The number of benzene rings is 2. The average Bonchev–Trinajstić information content (AvgIpc) is 2.91. The molecule has 1 nitrogen and oxygen atoms in total. The van der Waals surface area contributed by atoms with Crippen LogP contribution in [0.2, 0.25) is 0 Å². The van der Waals surface area contributed by atoms with Gasteiger partial charge in [0.15, 0.2) is 0 Å². The van der Waals surface area contributed by atoms with E-state index in [-0.39, 0.29) is 15.8 Å². The van der Waals surface area contributed by atoms with Crippen LogP contribution in [0.15, 0.2) is 65.2 Å². The number of allylic oxidation sites excluding steroid dienone is 1. The number of aldehydes is 1. The number of carbonyl (C=O) groups is 1. The lowest BCUT2D eigenvalue weighted by atomic mass is 9.76. The summed E-state index contributed by atoms with van der Waals surface area (Å²) in [5.41, 5.74) is 2.38. The zero-order chi connectivity index (χ0) is 18.6. The number of halogens is 2. The minimum absolute atomic E-state index is 0.162. The van der Waals surface area contributed by atoms with Crippen molar-refractivity contribution in [1.29, 1.82) is 0 Å². The van der Waals surface area contributed by atoms with Crippen LogP contribution in [0, 0.1) is 10.8 Å². The van der Waals surface area contributed by atoms with E-state index in [0.29, 0.717) is 0 Å². The monoisotopic (exact) mass is 384 g/mol. The Morgan fingerprint density at radius 2 is 1.69 bits per heavy atom. The minimum Gasteiger partial charge on any atom is -0.303 e. The third-order valence-corrected chi connectivity index (χ3v) is 7.25. The SMILES string of the molecule is CC1(C)C(C=C(Cl)Cl)(c2ccccc2)C1(C=O)C1CCc2ccccc21. The van der Waals surface area contributed by atoms with Crippen molar-refractivity contribution in [2.45, 2.75) is 38.0 Å². The Balaban J connectivity index is 1.97. The Morgan fingerprint density at radius 3 is 2.35 bits per heavy atom. The highest BCUT2D eigenvalue weighted by molar-refractivity contribution is 6.56. The van der Waals surface area contributed by atoms with Crippen molar-refractivity contribution in [2.75, 3.05) is 0 Å². The van der Waals surface area contributed by atoms with Gasteiger partial charge in [0, 0.05) is 5.41 Å². The zero-order valence-corrected chi connectivity index (χ0v) is 16.5. The first-order chi connectivity index (χ1) is 12.4. The molecule has 0 aliphatic heterocycles. The molecule has 2 aliphatic rings. The second kappa shape index (κ2) is 5.97. The summed E-state index contributed by atoms with van der Waals surface area (Å²) in [6.45, 7) is 4.34. The average molecular weight is 385 g/mol. The van der Waals surface area contributed by atoms with Crippen LogP contribution in [0.3, 0.4) is 0 Å². The smallest absolute Gasteiger partial charge is 0.128 e. The summed E-state index contributed by atoms with van der Waals surface area (Å²) < 4.78 is 0.219. The van der Waals surface area contributed by atoms with Crippen LogP contribution in [0.25, 0.3) is 0 Å². The van der Waals surface area contributed by atoms with Crippen molar-refractivity contribution < 1.29 is 4.79 Å². The molecule has 1 fully saturated rings. The molecule has 0 saturated heterocycles. The van der Waals surface area contributed by atoms with Gasteiger partial charge in [0.2, 0.25) is 0 Å². The van der Waals surface area contributed by atoms with Crippen molar-refractivity contribution in [1.82, 2.24) is 0 Å². The van der Waals surface area contributed by atoms with Crippen LogP contribution in [0.4, 0.5) is 0 Å². The van der Waals surface area contributed by atoms with E-state index < -0.39 is 10.8 Å². The lowest BCUT2D eigenvalue weighted by Gasteiger charge is -2.26. The second-order valence-electron chi connectivity index (χ2n) is 8.01. The molecular weight excluding hydrogens is 363 g/mol. The lowest BCUT2D eigenvalue weighted by Crippen LogP contribution is -2.25. The summed E-state index contributed by atoms with van der Waals surface area (Å²) in [5, 5.41) is 0. The number of rotatable bonds is 4. The molecule has 0 bridgehead atoms. The Hall–Kier alpha value is -1.57. The number of hydrogen-bond donors (Lipinski definition) is 0. The standard InChI is InChI=1S/C23H22Cl2O/c1-21(2)22(14-20(24)25,17-9-4-3-5-10-17)23(21,15-26)19-13-12-16-8-6-7-11-18(16)19/h3-11,14-15,19H,12-13H2,1-2H3. The van der Waals surface area contributed by atoms with Crippen LogP contribution in [-0.2, 0) is 16.6 Å². The number of carbonyl (C=O) groups excluding carboxylic acids is 1. The maximum absolute atomic E-state index is 12.8. The molecular formula is C23H22Cl2O. The lowest BCUT2D eigenvalue weighted by molar-refractivity contribution is -0.114. The highest BCUT2D eigenvalue weighted by atomic mass is 35.5. The molecule has 0 radical (unpaired) electrons. The van der Waals surface area contributed by atoms with E-state index in [1.807, 2.05) is 24.3 Å². The number of fused-ring (bicyclic) bond motifs is 1. The van der Waals surface area contributed by atoms with Crippen molar-refractivity contribution in [3.05, 3.63) is 81.9 Å². The van der Waals surface area contributed by atoms with Gasteiger partial charge in [0.25, 0.3) is 0 Å². The van der Waals surface area contributed by atoms with Gasteiger partial charge in [-0.05, 0) is 46.9 Å². The molecule has 1 saturated carbocycles. The second-order valence-corrected chi connectivity index (χ2v) is 9.02. The summed E-state index contributed by atoms with van der Waals surface area (Å²) in [7, 11) is 0. The fourth-order valence-corrected chi connectivity index (χ4v) is 6.22. The molecule has 3 heteroatoms. The molecule has 2 aromatic rings. The fraction of sp³-hybridized carbons (Fsp3) is 0.348. The van der Waals surface area contributed by atoms with E-state index in [4.69, 9.17) is 23.2 Å². The van der Waals surface area contributed by atoms with Crippen LogP contribution < -0.4 is 0 Å². The molecule has 0 spiro atoms. The predicted octanol–water partition coefficient (Wildman–Crippen LogP) is 6.20. The Labute approximate surface area is 165 Å². The Kier molecular flexibility index (Phi) is 4.09. The summed E-state index contributed by atoms with van der Waals surface area (Å²) >= 11 is 12.4. The van der Waals surface area contributed by atoms with E-state index in [9.17, 15) is 4.79 Å². The van der Waals surface area contributed by atoms with Gasteiger partial charge in [0.1, 0.15) is 10.8 Å². The number of hydrogen-bond acceptors (Lipinski definition) is 1. The van der Waals surface area contributed by atoms with E-state index in [0.717, 1.165) is 18.4 Å². The minimum atomic E-state index is -0.566. The summed E-state index contributed by atoms with van der Waals surface area (Å²) in [5.74, 6) is 0.162. The molecule has 0 N–H and O–H groups in total. The molecule has 0 amide bonds. The van der Waals surface area contributed by atoms with Crippen molar-refractivity contribution in [3.63, 3.8) is 0 Å². The van der Waals surface area contributed by atoms with Crippen molar-refractivity contribution >= 4 is 29.5 Å². The van der Waals surface area contributed by atoms with Gasteiger partial charge in [-0.15, -0.1) is 0 Å². The highest BCUT2D eigenvalue weighted by Gasteiger charge is 2.84. The first kappa shape index (κ1) is 17.8. The fourth-order valence-electron chi connectivity index (χ4n) is 5.89. The molecule has 26 heavy (non-hydrogen) atoms. The van der Waals surface area contributed by atoms with Gasteiger partial charge in [-0.25, -0.2) is 0 Å². The molecule has 3 atom stereocenters. The van der Waals surface area contributed by atoms with Crippen LogP contribution in [0.5, 0.6) is 0 Å². The van der Waals surface area contributed by atoms with Gasteiger partial charge in [-0.1, -0.05) is 91.6 Å². The largest absolute Gasteiger partial charge is 0.303 e. The van der Waals surface area contributed by atoms with E-state index in [1.165, 1.54) is 17.4 Å². The third-order valence-electron chi connectivity index (χ3n) is 7.03. The number of aryl methyl sites for hydroxylation is 1. The van der Waals surface area contributed by atoms with Crippen molar-refractivity contribution in [3.8, 4) is 0 Å². The first-order valence-electron chi connectivity index (χ1n) is 9.06. The summed E-state index contributed by atoms with van der Waals surface area (Å²) in [4.78, 5) is 12.8. The van der Waals surface area contributed by atoms with Gasteiger partial charge in [-0.3, -0.25) is 0 Å². The molecule has 134 valence electrons. The Morgan fingerprint density at radius 1 is 1.04 bits per heavy atom. The highest BCUT2D eigenvalue weighted by Crippen LogP contribution is 2.83. The quantitative estimate of drug-likeness (QED) is 0.573. The topological polar surface area (TPSA) is 17.1 Å². The van der Waals surface area contributed by atoms with Gasteiger partial charge >= 0.3 is 0 Å².